The molecule has 124 valence electrons. The van der Waals surface area contributed by atoms with Gasteiger partial charge in [0.2, 0.25) is 10.0 Å². The van der Waals surface area contributed by atoms with Gasteiger partial charge in [-0.1, -0.05) is 13.8 Å². The molecular formula is C14H21BrN2O4S. The van der Waals surface area contributed by atoms with Gasteiger partial charge in [-0.05, 0) is 34.8 Å². The Morgan fingerprint density at radius 3 is 2.32 bits per heavy atom. The molecule has 0 atom stereocenters. The van der Waals surface area contributed by atoms with Crippen LogP contribution in [0.1, 0.15) is 26.7 Å². The van der Waals surface area contributed by atoms with Crippen LogP contribution in [0.5, 0.6) is 11.5 Å². The highest BCUT2D eigenvalue weighted by atomic mass is 79.9. The number of halogens is 1. The summed E-state index contributed by atoms with van der Waals surface area (Å²) in [6.07, 6.45) is 1.38. The van der Waals surface area contributed by atoms with E-state index in [1.54, 1.807) is 6.07 Å². The highest BCUT2D eigenvalue weighted by Crippen LogP contribution is 2.37. The number of sulfonamides is 1. The van der Waals surface area contributed by atoms with Gasteiger partial charge in [-0.2, -0.15) is 0 Å². The molecule has 1 aliphatic heterocycles. The van der Waals surface area contributed by atoms with E-state index in [0.717, 1.165) is 0 Å². The first-order valence-electron chi connectivity index (χ1n) is 7.19. The van der Waals surface area contributed by atoms with Gasteiger partial charge in [-0.25, -0.2) is 13.1 Å². The van der Waals surface area contributed by atoms with Gasteiger partial charge in [0.25, 0.3) is 0 Å². The normalized spacial score (nSPS) is 14.9. The lowest BCUT2D eigenvalue weighted by Gasteiger charge is -2.27. The molecule has 0 saturated heterocycles. The molecule has 0 amide bonds. The lowest BCUT2D eigenvalue weighted by molar-refractivity contribution is 0.171. The van der Waals surface area contributed by atoms with Gasteiger partial charge in [-0.3, -0.25) is 0 Å². The molecule has 1 aromatic rings. The molecule has 6 nitrogen and oxygen atoms in total. The fourth-order valence-electron chi connectivity index (χ4n) is 2.07. The van der Waals surface area contributed by atoms with E-state index in [1.165, 1.54) is 6.07 Å². The summed E-state index contributed by atoms with van der Waals surface area (Å²) in [7, 11) is -3.69. The van der Waals surface area contributed by atoms with Gasteiger partial charge < -0.3 is 15.2 Å². The molecule has 22 heavy (non-hydrogen) atoms. The molecular weight excluding hydrogens is 372 g/mol. The molecule has 0 bridgehead atoms. The Balaban J connectivity index is 2.26. The van der Waals surface area contributed by atoms with E-state index in [2.05, 4.69) is 20.7 Å². The molecule has 1 aliphatic rings. The molecule has 1 heterocycles. The topological polar surface area (TPSA) is 90.7 Å². The lowest BCUT2D eigenvalue weighted by Crippen LogP contribution is -2.49. The second kappa shape index (κ2) is 6.74. The van der Waals surface area contributed by atoms with Crippen LogP contribution in [0.25, 0.3) is 0 Å². The number of ether oxygens (including phenoxy) is 2. The second-order valence-electron chi connectivity index (χ2n) is 5.32. The zero-order valence-electron chi connectivity index (χ0n) is 12.7. The minimum absolute atomic E-state index is 0.117. The molecule has 0 unspecified atom stereocenters. The Morgan fingerprint density at radius 2 is 1.77 bits per heavy atom. The SMILES string of the molecule is CCC(N)(CC)CNS(=O)(=O)c1cc2c(cc1Br)OCCO2. The van der Waals surface area contributed by atoms with Crippen molar-refractivity contribution in [2.24, 2.45) is 5.73 Å². The molecule has 0 aromatic heterocycles. The van der Waals surface area contributed by atoms with Crippen LogP contribution in [0.15, 0.2) is 21.5 Å². The van der Waals surface area contributed by atoms with Crippen molar-refractivity contribution in [3.8, 4) is 11.5 Å². The molecule has 0 radical (unpaired) electrons. The standard InChI is InChI=1S/C14H21BrN2O4S/c1-3-14(16,4-2)9-17-22(18,19)13-8-12-11(7-10(13)15)20-5-6-21-12/h7-8,17H,3-6,9,16H2,1-2H3. The summed E-state index contributed by atoms with van der Waals surface area (Å²) in [4.78, 5) is 0.117. The number of hydrogen-bond acceptors (Lipinski definition) is 5. The van der Waals surface area contributed by atoms with Gasteiger partial charge in [-0.15, -0.1) is 0 Å². The van der Waals surface area contributed by atoms with Crippen LogP contribution in [0.4, 0.5) is 0 Å². The van der Waals surface area contributed by atoms with E-state index in [0.29, 0.717) is 42.0 Å². The predicted molar refractivity (Wildman–Crippen MR) is 87.8 cm³/mol. The van der Waals surface area contributed by atoms with Crippen LogP contribution < -0.4 is 19.9 Å². The summed E-state index contributed by atoms with van der Waals surface area (Å²) in [6, 6.07) is 3.08. The maximum absolute atomic E-state index is 12.5. The van der Waals surface area contributed by atoms with Crippen LogP contribution >= 0.6 is 15.9 Å². The molecule has 1 aromatic carbocycles. The van der Waals surface area contributed by atoms with E-state index in [4.69, 9.17) is 15.2 Å². The minimum atomic E-state index is -3.69. The molecule has 2 rings (SSSR count). The molecule has 3 N–H and O–H groups in total. The van der Waals surface area contributed by atoms with Gasteiger partial charge >= 0.3 is 0 Å². The number of fused-ring (bicyclic) bond motifs is 1. The minimum Gasteiger partial charge on any atom is -0.486 e. The van der Waals surface area contributed by atoms with Crippen molar-refractivity contribution in [3.05, 3.63) is 16.6 Å². The number of nitrogens with one attached hydrogen (secondary N) is 1. The molecule has 0 saturated carbocycles. The second-order valence-corrected chi connectivity index (χ2v) is 7.91. The van der Waals surface area contributed by atoms with E-state index >= 15 is 0 Å². The average molecular weight is 393 g/mol. The Kier molecular flexibility index (Phi) is 5.37. The fourth-order valence-corrected chi connectivity index (χ4v) is 4.24. The van der Waals surface area contributed by atoms with Gasteiger partial charge in [0, 0.05) is 22.6 Å². The molecule has 0 spiro atoms. The average Bonchev–Trinajstić information content (AvgIpc) is 2.52. The van der Waals surface area contributed by atoms with E-state index in [-0.39, 0.29) is 11.4 Å². The highest BCUT2D eigenvalue weighted by Gasteiger charge is 2.27. The fraction of sp³-hybridized carbons (Fsp3) is 0.571. The van der Waals surface area contributed by atoms with Crippen molar-refractivity contribution >= 4 is 26.0 Å². The summed E-state index contributed by atoms with van der Waals surface area (Å²) in [5.41, 5.74) is 5.60. The van der Waals surface area contributed by atoms with Crippen molar-refractivity contribution in [2.45, 2.75) is 37.1 Å². The van der Waals surface area contributed by atoms with Crippen molar-refractivity contribution in [3.63, 3.8) is 0 Å². The number of nitrogens with two attached hydrogens (primary N) is 1. The first kappa shape index (κ1) is 17.5. The van der Waals surface area contributed by atoms with Gasteiger partial charge in [0.05, 0.1) is 0 Å². The monoisotopic (exact) mass is 392 g/mol. The van der Waals surface area contributed by atoms with Gasteiger partial charge in [0.15, 0.2) is 11.5 Å². The number of benzene rings is 1. The van der Waals surface area contributed by atoms with E-state index in [9.17, 15) is 8.42 Å². The van der Waals surface area contributed by atoms with Crippen LogP contribution in [0.2, 0.25) is 0 Å². The summed E-state index contributed by atoms with van der Waals surface area (Å²) in [6.45, 7) is 4.92. The van der Waals surface area contributed by atoms with Crippen molar-refractivity contribution in [2.75, 3.05) is 19.8 Å². The maximum Gasteiger partial charge on any atom is 0.241 e. The first-order chi connectivity index (χ1) is 10.3. The van der Waals surface area contributed by atoms with Crippen molar-refractivity contribution < 1.29 is 17.9 Å². The lowest BCUT2D eigenvalue weighted by atomic mass is 9.95. The zero-order chi connectivity index (χ0) is 16.4. The highest BCUT2D eigenvalue weighted by molar-refractivity contribution is 9.10. The molecule has 0 aliphatic carbocycles. The third-order valence-corrected chi connectivity index (χ3v) is 6.27. The smallest absolute Gasteiger partial charge is 0.241 e. The van der Waals surface area contributed by atoms with Crippen molar-refractivity contribution in [1.82, 2.24) is 4.72 Å². The zero-order valence-corrected chi connectivity index (χ0v) is 15.1. The molecule has 0 fully saturated rings. The van der Waals surface area contributed by atoms with Crippen LogP contribution in [0.3, 0.4) is 0 Å². The Morgan fingerprint density at radius 1 is 1.23 bits per heavy atom. The van der Waals surface area contributed by atoms with Crippen LogP contribution in [0, 0.1) is 0 Å². The van der Waals surface area contributed by atoms with Crippen molar-refractivity contribution in [1.29, 1.82) is 0 Å². The number of rotatable bonds is 6. The Bertz CT molecular complexity index is 644. The van der Waals surface area contributed by atoms with E-state index < -0.39 is 15.6 Å². The summed E-state index contributed by atoms with van der Waals surface area (Å²) < 4.78 is 38.9. The van der Waals surface area contributed by atoms with Gasteiger partial charge in [0.1, 0.15) is 18.1 Å². The third kappa shape index (κ3) is 3.73. The third-order valence-electron chi connectivity index (χ3n) is 3.91. The Hall–Kier alpha value is -0.830. The van der Waals surface area contributed by atoms with Crippen LogP contribution in [-0.2, 0) is 10.0 Å². The summed E-state index contributed by atoms with van der Waals surface area (Å²) in [5, 5.41) is 0. The summed E-state index contributed by atoms with van der Waals surface area (Å²) >= 11 is 3.28. The quantitative estimate of drug-likeness (QED) is 0.772. The maximum atomic E-state index is 12.5. The first-order valence-corrected chi connectivity index (χ1v) is 9.46. The van der Waals surface area contributed by atoms with Crippen LogP contribution in [-0.4, -0.2) is 33.7 Å². The largest absolute Gasteiger partial charge is 0.486 e. The molecule has 8 heteroatoms. The van der Waals surface area contributed by atoms with E-state index in [1.807, 2.05) is 13.8 Å². The number of hydrogen-bond donors (Lipinski definition) is 2. The Labute approximate surface area is 139 Å². The predicted octanol–water partition coefficient (Wildman–Crippen LogP) is 2.02. The summed E-state index contributed by atoms with van der Waals surface area (Å²) in [5.74, 6) is 0.965.